The smallest absolute Gasteiger partial charge is 0.300 e. The Bertz CT molecular complexity index is 1640. The van der Waals surface area contributed by atoms with Crippen molar-refractivity contribution in [3.8, 4) is 23.0 Å². The van der Waals surface area contributed by atoms with Gasteiger partial charge in [0.25, 0.3) is 11.7 Å². The Hall–Kier alpha value is -4.82. The number of rotatable bonds is 7. The molecule has 1 amide bonds. The number of ether oxygens (including phenoxy) is 3. The third kappa shape index (κ3) is 4.97. The molecule has 5 rings (SSSR count). The molecule has 1 fully saturated rings. The first kappa shape index (κ1) is 26.8. The number of hydrogen-bond acceptors (Lipinski definition) is 6. The van der Waals surface area contributed by atoms with Crippen LogP contribution < -0.4 is 19.1 Å². The number of hydrogen-bond donors (Lipinski definition) is 1. The van der Waals surface area contributed by atoms with Gasteiger partial charge in [0.15, 0.2) is 0 Å². The van der Waals surface area contributed by atoms with Crippen LogP contribution in [-0.4, -0.2) is 31.0 Å². The largest absolute Gasteiger partial charge is 0.507 e. The molecule has 1 atom stereocenters. The van der Waals surface area contributed by atoms with Gasteiger partial charge in [-0.05, 0) is 54.1 Å². The van der Waals surface area contributed by atoms with E-state index in [0.717, 1.165) is 11.0 Å². The first-order valence-corrected chi connectivity index (χ1v) is 12.5. The van der Waals surface area contributed by atoms with E-state index in [1.165, 1.54) is 44.6 Å². The SMILES string of the molecule is COc1cc(OC)c(/C(O)=C2\C(=O)C(=O)N(c3cccc(F)c3)C2c2cccc(Oc3ccccc3)c2)cc1Cl. The Kier molecular flexibility index (Phi) is 7.44. The second-order valence-corrected chi connectivity index (χ2v) is 9.23. The predicted molar refractivity (Wildman–Crippen MR) is 149 cm³/mol. The van der Waals surface area contributed by atoms with Gasteiger partial charge in [0, 0.05) is 11.8 Å². The quantitative estimate of drug-likeness (QED) is 0.150. The van der Waals surface area contributed by atoms with Gasteiger partial charge in [0.2, 0.25) is 0 Å². The van der Waals surface area contributed by atoms with Crippen molar-refractivity contribution < 1.29 is 33.3 Å². The maximum atomic E-state index is 14.3. The van der Waals surface area contributed by atoms with Crippen LogP contribution in [0.3, 0.4) is 0 Å². The standard InChI is InChI=1S/C31H23ClFNO6/c1-38-25-17-26(39-2)24(32)16-23(25)29(35)27-28(34(31(37)30(27)36)20-10-7-9-19(33)15-20)18-8-6-13-22(14-18)40-21-11-4-3-5-12-21/h3-17,28,35H,1-2H3/b29-27+. The highest BCUT2D eigenvalue weighted by molar-refractivity contribution is 6.51. The zero-order valence-corrected chi connectivity index (χ0v) is 22.2. The highest BCUT2D eigenvalue weighted by Gasteiger charge is 2.47. The topological polar surface area (TPSA) is 85.3 Å². The minimum atomic E-state index is -1.13. The summed E-state index contributed by atoms with van der Waals surface area (Å²) in [6, 6.07) is 22.9. The van der Waals surface area contributed by atoms with E-state index >= 15 is 0 Å². The molecule has 1 heterocycles. The highest BCUT2D eigenvalue weighted by atomic mass is 35.5. The lowest BCUT2D eigenvalue weighted by Crippen LogP contribution is -2.29. The molecule has 7 nitrogen and oxygen atoms in total. The van der Waals surface area contributed by atoms with Crippen molar-refractivity contribution in [1.29, 1.82) is 0 Å². The van der Waals surface area contributed by atoms with Crippen molar-refractivity contribution in [2.45, 2.75) is 6.04 Å². The number of Topliss-reactive ketones (excluding diaryl/α,β-unsaturated/α-hetero) is 1. The normalized spacial score (nSPS) is 16.2. The lowest BCUT2D eigenvalue weighted by molar-refractivity contribution is -0.132. The Morgan fingerprint density at radius 1 is 0.850 bits per heavy atom. The number of carbonyl (C=O) groups is 2. The van der Waals surface area contributed by atoms with E-state index < -0.39 is 29.3 Å². The Balaban J connectivity index is 1.71. The second kappa shape index (κ2) is 11.1. The molecule has 1 aliphatic heterocycles. The van der Waals surface area contributed by atoms with Gasteiger partial charge < -0.3 is 19.3 Å². The van der Waals surface area contributed by atoms with Crippen molar-refractivity contribution in [2.75, 3.05) is 19.1 Å². The Labute approximate surface area is 234 Å². The monoisotopic (exact) mass is 559 g/mol. The summed E-state index contributed by atoms with van der Waals surface area (Å²) in [5, 5.41) is 11.7. The summed E-state index contributed by atoms with van der Waals surface area (Å²) < 4.78 is 30.9. The van der Waals surface area contributed by atoms with Crippen LogP contribution in [0.2, 0.25) is 5.02 Å². The van der Waals surface area contributed by atoms with Crippen molar-refractivity contribution >= 4 is 34.7 Å². The van der Waals surface area contributed by atoms with Gasteiger partial charge in [-0.3, -0.25) is 14.5 Å². The summed E-state index contributed by atoms with van der Waals surface area (Å²) in [6.07, 6.45) is 0. The minimum absolute atomic E-state index is 0.0761. The molecule has 40 heavy (non-hydrogen) atoms. The third-order valence-corrected chi connectivity index (χ3v) is 6.71. The fourth-order valence-corrected chi connectivity index (χ4v) is 4.84. The molecule has 9 heteroatoms. The van der Waals surface area contributed by atoms with Gasteiger partial charge in [-0.2, -0.15) is 0 Å². The predicted octanol–water partition coefficient (Wildman–Crippen LogP) is 6.91. The summed E-state index contributed by atoms with van der Waals surface area (Å²) in [4.78, 5) is 28.1. The van der Waals surface area contributed by atoms with E-state index in [9.17, 15) is 19.1 Å². The average Bonchev–Trinajstić information content (AvgIpc) is 3.23. The molecular formula is C31H23ClFNO6. The van der Waals surface area contributed by atoms with Crippen LogP contribution in [-0.2, 0) is 9.59 Å². The zero-order chi connectivity index (χ0) is 28.4. The van der Waals surface area contributed by atoms with Gasteiger partial charge >= 0.3 is 0 Å². The average molecular weight is 560 g/mol. The van der Waals surface area contributed by atoms with Crippen molar-refractivity contribution in [1.82, 2.24) is 0 Å². The Morgan fingerprint density at radius 2 is 1.55 bits per heavy atom. The third-order valence-electron chi connectivity index (χ3n) is 6.41. The van der Waals surface area contributed by atoms with Gasteiger partial charge in [0.1, 0.15) is 34.6 Å². The number of benzene rings is 4. The highest BCUT2D eigenvalue weighted by Crippen LogP contribution is 2.45. The molecule has 1 N–H and O–H groups in total. The number of methoxy groups -OCH3 is 2. The van der Waals surface area contributed by atoms with E-state index in [1.807, 2.05) is 18.2 Å². The van der Waals surface area contributed by atoms with Crippen molar-refractivity contribution in [3.05, 3.63) is 119 Å². The number of halogens is 2. The van der Waals surface area contributed by atoms with E-state index in [0.29, 0.717) is 17.1 Å². The number of nitrogens with zero attached hydrogens (tertiary/aromatic N) is 1. The lowest BCUT2D eigenvalue weighted by Gasteiger charge is -2.26. The molecule has 0 radical (unpaired) electrons. The first-order valence-electron chi connectivity index (χ1n) is 12.1. The van der Waals surface area contributed by atoms with Crippen LogP contribution in [0.15, 0.2) is 96.6 Å². The maximum absolute atomic E-state index is 14.3. The lowest BCUT2D eigenvalue weighted by atomic mass is 9.94. The summed E-state index contributed by atoms with van der Waals surface area (Å²) >= 11 is 6.33. The fraction of sp³-hybridized carbons (Fsp3) is 0.0968. The fourth-order valence-electron chi connectivity index (χ4n) is 4.60. The van der Waals surface area contributed by atoms with Crippen LogP contribution in [0, 0.1) is 5.82 Å². The zero-order valence-electron chi connectivity index (χ0n) is 21.4. The van der Waals surface area contributed by atoms with Crippen LogP contribution in [0.5, 0.6) is 23.0 Å². The first-order chi connectivity index (χ1) is 19.3. The number of aliphatic hydroxyl groups excluding tert-OH is 1. The van der Waals surface area contributed by atoms with E-state index in [-0.39, 0.29) is 33.3 Å². The van der Waals surface area contributed by atoms with E-state index in [1.54, 1.807) is 36.4 Å². The molecule has 4 aromatic carbocycles. The molecular weight excluding hydrogens is 537 g/mol. The molecule has 0 aliphatic carbocycles. The van der Waals surface area contributed by atoms with E-state index in [4.69, 9.17) is 25.8 Å². The molecule has 0 bridgehead atoms. The molecule has 0 spiro atoms. The van der Waals surface area contributed by atoms with Crippen molar-refractivity contribution in [3.63, 3.8) is 0 Å². The van der Waals surface area contributed by atoms with Gasteiger partial charge in [-0.25, -0.2) is 4.39 Å². The molecule has 202 valence electrons. The number of aliphatic hydroxyl groups is 1. The number of para-hydroxylation sites is 1. The van der Waals surface area contributed by atoms with Gasteiger partial charge in [-0.15, -0.1) is 0 Å². The van der Waals surface area contributed by atoms with Crippen LogP contribution in [0.4, 0.5) is 10.1 Å². The minimum Gasteiger partial charge on any atom is -0.507 e. The molecule has 0 aromatic heterocycles. The van der Waals surface area contributed by atoms with Crippen LogP contribution in [0.25, 0.3) is 5.76 Å². The summed E-state index contributed by atoms with van der Waals surface area (Å²) in [7, 11) is 2.81. The van der Waals surface area contributed by atoms with Gasteiger partial charge in [0.05, 0.1) is 36.4 Å². The second-order valence-electron chi connectivity index (χ2n) is 8.82. The van der Waals surface area contributed by atoms with Crippen molar-refractivity contribution in [2.24, 2.45) is 0 Å². The number of ketones is 1. The van der Waals surface area contributed by atoms with Gasteiger partial charge in [-0.1, -0.05) is 48.0 Å². The van der Waals surface area contributed by atoms with Crippen LogP contribution >= 0.6 is 11.6 Å². The molecule has 4 aromatic rings. The molecule has 1 aliphatic rings. The number of anilines is 1. The molecule has 1 unspecified atom stereocenters. The molecule has 1 saturated heterocycles. The summed E-state index contributed by atoms with van der Waals surface area (Å²) in [5.41, 5.74) is 0.426. The maximum Gasteiger partial charge on any atom is 0.300 e. The number of carbonyl (C=O) groups excluding carboxylic acids is 2. The summed E-state index contributed by atoms with van der Waals surface area (Å²) in [6.45, 7) is 0. The Morgan fingerprint density at radius 3 is 2.25 bits per heavy atom. The number of amides is 1. The van der Waals surface area contributed by atoms with Crippen LogP contribution in [0.1, 0.15) is 17.2 Å². The summed E-state index contributed by atoms with van der Waals surface area (Å²) in [5.74, 6) is -1.55. The molecule has 0 saturated carbocycles. The van der Waals surface area contributed by atoms with E-state index in [2.05, 4.69) is 0 Å².